The maximum atomic E-state index is 11.9. The Bertz CT molecular complexity index is 424. The Morgan fingerprint density at radius 2 is 1.75 bits per heavy atom. The fourth-order valence-corrected chi connectivity index (χ4v) is 2.48. The molecule has 20 heavy (non-hydrogen) atoms. The molecule has 0 heterocycles. The van der Waals surface area contributed by atoms with E-state index in [1.807, 2.05) is 26.0 Å². The molecule has 0 saturated carbocycles. The van der Waals surface area contributed by atoms with Gasteiger partial charge in [-0.3, -0.25) is 0 Å². The molecule has 1 atom stereocenters. The van der Waals surface area contributed by atoms with E-state index in [9.17, 15) is 13.2 Å². The number of alkyl halides is 4. The van der Waals surface area contributed by atoms with E-state index < -0.39 is 12.8 Å². The van der Waals surface area contributed by atoms with Crippen molar-refractivity contribution in [3.05, 3.63) is 28.8 Å². The van der Waals surface area contributed by atoms with Gasteiger partial charge in [0.1, 0.15) is 12.4 Å². The van der Waals surface area contributed by atoms with Crippen molar-refractivity contribution in [1.29, 1.82) is 0 Å². The molecule has 0 spiro atoms. The number of ether oxygens (including phenoxy) is 2. The van der Waals surface area contributed by atoms with Crippen LogP contribution in [0.4, 0.5) is 13.2 Å². The van der Waals surface area contributed by atoms with Gasteiger partial charge in [0.25, 0.3) is 0 Å². The third-order valence-electron chi connectivity index (χ3n) is 2.83. The van der Waals surface area contributed by atoms with Crippen LogP contribution in [0.3, 0.4) is 0 Å². The first-order chi connectivity index (χ1) is 9.24. The zero-order valence-corrected chi connectivity index (χ0v) is 13.3. The van der Waals surface area contributed by atoms with Crippen LogP contribution in [-0.2, 0) is 4.74 Å². The standard InChI is InChI=1S/C14H18BrF3O2/c1-9-6-11(7-10(2)13(9)19-3)12(15)4-5-20-8-14(16,17)18/h6-7,12H,4-5,8H2,1-3H3. The molecular weight excluding hydrogens is 337 g/mol. The van der Waals surface area contributed by atoms with Crippen molar-refractivity contribution in [3.63, 3.8) is 0 Å². The van der Waals surface area contributed by atoms with Crippen LogP contribution in [0, 0.1) is 13.8 Å². The van der Waals surface area contributed by atoms with Gasteiger partial charge in [-0.1, -0.05) is 28.1 Å². The summed E-state index contributed by atoms with van der Waals surface area (Å²) in [5.74, 6) is 0.835. The molecule has 0 radical (unpaired) electrons. The fourth-order valence-electron chi connectivity index (χ4n) is 2.03. The molecule has 2 nitrogen and oxygen atoms in total. The maximum absolute atomic E-state index is 11.9. The van der Waals surface area contributed by atoms with Gasteiger partial charge >= 0.3 is 6.18 Å². The minimum atomic E-state index is -4.27. The Kier molecular flexibility index (Phi) is 6.33. The largest absolute Gasteiger partial charge is 0.496 e. The summed E-state index contributed by atoms with van der Waals surface area (Å²) in [5.41, 5.74) is 3.02. The molecule has 0 bridgehead atoms. The lowest BCUT2D eigenvalue weighted by molar-refractivity contribution is -0.174. The monoisotopic (exact) mass is 354 g/mol. The Morgan fingerprint density at radius 3 is 2.20 bits per heavy atom. The Hall–Kier alpha value is -0.750. The molecule has 1 unspecified atom stereocenters. The lowest BCUT2D eigenvalue weighted by atomic mass is 10.0. The van der Waals surface area contributed by atoms with E-state index in [0.29, 0.717) is 6.42 Å². The summed E-state index contributed by atoms with van der Waals surface area (Å²) in [7, 11) is 1.62. The van der Waals surface area contributed by atoms with Crippen LogP contribution < -0.4 is 4.74 Å². The van der Waals surface area contributed by atoms with E-state index in [1.165, 1.54) is 0 Å². The summed E-state index contributed by atoms with van der Waals surface area (Å²) < 4.78 is 45.7. The average Bonchev–Trinajstić information content (AvgIpc) is 2.32. The predicted molar refractivity (Wildman–Crippen MR) is 75.6 cm³/mol. The second kappa shape index (κ2) is 7.31. The van der Waals surface area contributed by atoms with Gasteiger partial charge in [-0.25, -0.2) is 0 Å². The molecule has 0 amide bonds. The molecule has 0 fully saturated rings. The maximum Gasteiger partial charge on any atom is 0.411 e. The third-order valence-corrected chi connectivity index (χ3v) is 3.82. The summed E-state index contributed by atoms with van der Waals surface area (Å²) in [6.45, 7) is 2.73. The van der Waals surface area contributed by atoms with Crippen LogP contribution in [0.15, 0.2) is 12.1 Å². The molecule has 1 rings (SSSR count). The second-order valence-electron chi connectivity index (χ2n) is 4.61. The molecule has 0 aromatic heterocycles. The topological polar surface area (TPSA) is 18.5 Å². The van der Waals surface area contributed by atoms with Gasteiger partial charge in [0.2, 0.25) is 0 Å². The zero-order valence-electron chi connectivity index (χ0n) is 11.7. The molecule has 0 saturated heterocycles. The highest BCUT2D eigenvalue weighted by molar-refractivity contribution is 9.09. The van der Waals surface area contributed by atoms with E-state index in [1.54, 1.807) is 7.11 Å². The van der Waals surface area contributed by atoms with Crippen LogP contribution in [0.5, 0.6) is 5.75 Å². The van der Waals surface area contributed by atoms with Crippen LogP contribution >= 0.6 is 15.9 Å². The Morgan fingerprint density at radius 1 is 1.20 bits per heavy atom. The minimum absolute atomic E-state index is 0.0426. The van der Waals surface area contributed by atoms with Crippen LogP contribution in [-0.4, -0.2) is 26.5 Å². The fraction of sp³-hybridized carbons (Fsp3) is 0.571. The molecule has 6 heteroatoms. The zero-order chi connectivity index (χ0) is 15.3. The molecular formula is C14H18BrF3O2. The summed E-state index contributed by atoms with van der Waals surface area (Å²) in [5, 5.41) is 0. The van der Waals surface area contributed by atoms with Crippen molar-refractivity contribution in [3.8, 4) is 5.75 Å². The number of hydrogen-bond donors (Lipinski definition) is 0. The summed E-state index contributed by atoms with van der Waals surface area (Å²) in [4.78, 5) is -0.0426. The van der Waals surface area contributed by atoms with E-state index in [4.69, 9.17) is 4.74 Å². The van der Waals surface area contributed by atoms with Crippen molar-refractivity contribution in [2.45, 2.75) is 31.3 Å². The number of rotatable bonds is 6. The average molecular weight is 355 g/mol. The number of aryl methyl sites for hydroxylation is 2. The SMILES string of the molecule is COc1c(C)cc(C(Br)CCOCC(F)(F)F)cc1C. The van der Waals surface area contributed by atoms with Crippen molar-refractivity contribution in [1.82, 2.24) is 0 Å². The van der Waals surface area contributed by atoms with Gasteiger partial charge in [0, 0.05) is 11.4 Å². The number of benzene rings is 1. The second-order valence-corrected chi connectivity index (χ2v) is 5.72. The summed E-state index contributed by atoms with van der Waals surface area (Å²) >= 11 is 3.48. The third kappa shape index (κ3) is 5.32. The lowest BCUT2D eigenvalue weighted by Crippen LogP contribution is -2.17. The van der Waals surface area contributed by atoms with Gasteiger partial charge in [0.05, 0.1) is 7.11 Å². The Balaban J connectivity index is 2.58. The van der Waals surface area contributed by atoms with Crippen LogP contribution in [0.25, 0.3) is 0 Å². The number of methoxy groups -OCH3 is 1. The predicted octanol–water partition coefficient (Wildman–Crippen LogP) is 4.72. The lowest BCUT2D eigenvalue weighted by Gasteiger charge is -2.15. The van der Waals surface area contributed by atoms with Crippen LogP contribution in [0.2, 0.25) is 0 Å². The van der Waals surface area contributed by atoms with Gasteiger partial charge < -0.3 is 9.47 Å². The smallest absolute Gasteiger partial charge is 0.411 e. The molecule has 0 aliphatic carbocycles. The van der Waals surface area contributed by atoms with E-state index in [-0.39, 0.29) is 11.4 Å². The highest BCUT2D eigenvalue weighted by atomic mass is 79.9. The van der Waals surface area contributed by atoms with Crippen molar-refractivity contribution in [2.24, 2.45) is 0 Å². The van der Waals surface area contributed by atoms with Crippen molar-refractivity contribution < 1.29 is 22.6 Å². The number of hydrogen-bond acceptors (Lipinski definition) is 2. The van der Waals surface area contributed by atoms with Crippen molar-refractivity contribution in [2.75, 3.05) is 20.3 Å². The molecule has 1 aromatic rings. The highest BCUT2D eigenvalue weighted by Gasteiger charge is 2.27. The molecule has 0 aliphatic heterocycles. The van der Waals surface area contributed by atoms with Gasteiger partial charge in [-0.15, -0.1) is 0 Å². The first-order valence-corrected chi connectivity index (χ1v) is 7.10. The summed E-state index contributed by atoms with van der Waals surface area (Å²) in [6.07, 6.45) is -3.80. The molecule has 0 aliphatic rings. The van der Waals surface area contributed by atoms with E-state index >= 15 is 0 Å². The molecule has 0 N–H and O–H groups in total. The van der Waals surface area contributed by atoms with Crippen molar-refractivity contribution >= 4 is 15.9 Å². The van der Waals surface area contributed by atoms with Gasteiger partial charge in [0.15, 0.2) is 0 Å². The Labute approximate surface area is 125 Å². The van der Waals surface area contributed by atoms with E-state index in [2.05, 4.69) is 20.7 Å². The first kappa shape index (κ1) is 17.3. The normalized spacial score (nSPS) is 13.3. The quantitative estimate of drug-likeness (QED) is 0.543. The summed E-state index contributed by atoms with van der Waals surface area (Å²) in [6, 6.07) is 3.93. The van der Waals surface area contributed by atoms with E-state index in [0.717, 1.165) is 22.4 Å². The highest BCUT2D eigenvalue weighted by Crippen LogP contribution is 2.32. The first-order valence-electron chi connectivity index (χ1n) is 6.18. The number of halogens is 4. The molecule has 114 valence electrons. The van der Waals surface area contributed by atoms with Gasteiger partial charge in [-0.2, -0.15) is 13.2 Å². The van der Waals surface area contributed by atoms with Gasteiger partial charge in [-0.05, 0) is 37.0 Å². The minimum Gasteiger partial charge on any atom is -0.496 e. The molecule has 1 aromatic carbocycles. The van der Waals surface area contributed by atoms with Crippen LogP contribution in [0.1, 0.15) is 27.9 Å².